The van der Waals surface area contributed by atoms with Gasteiger partial charge in [-0.1, -0.05) is 45.9 Å². The van der Waals surface area contributed by atoms with Crippen LogP contribution >= 0.6 is 0 Å². The first-order valence-electron chi connectivity index (χ1n) is 7.32. The average molecular weight is 259 g/mol. The number of amides is 1. The van der Waals surface area contributed by atoms with E-state index in [1.807, 2.05) is 20.8 Å². The molecule has 19 heavy (non-hydrogen) atoms. The Morgan fingerprint density at radius 1 is 1.32 bits per heavy atom. The Bertz CT molecular complexity index is 471. The van der Waals surface area contributed by atoms with Crippen LogP contribution < -0.4 is 5.32 Å². The van der Waals surface area contributed by atoms with Gasteiger partial charge in [0.1, 0.15) is 0 Å². The standard InChI is InChI=1S/C17H25NO/c1-5-12-6-7-14-11-15(9-8-13(14)10-12)18-16(19)17(2,3)4/h6-7,10,15H,5,8-9,11H2,1-4H3,(H,18,19). The van der Waals surface area contributed by atoms with Crippen LogP contribution in [0.1, 0.15) is 50.8 Å². The monoisotopic (exact) mass is 259 g/mol. The fraction of sp³-hybridized carbons (Fsp3) is 0.588. The summed E-state index contributed by atoms with van der Waals surface area (Å²) < 4.78 is 0. The van der Waals surface area contributed by atoms with Crippen molar-refractivity contribution in [2.75, 3.05) is 0 Å². The highest BCUT2D eigenvalue weighted by molar-refractivity contribution is 5.81. The van der Waals surface area contributed by atoms with E-state index in [0.29, 0.717) is 6.04 Å². The maximum atomic E-state index is 12.0. The van der Waals surface area contributed by atoms with E-state index in [-0.39, 0.29) is 11.3 Å². The van der Waals surface area contributed by atoms with Crippen LogP contribution in [-0.2, 0) is 24.1 Å². The summed E-state index contributed by atoms with van der Waals surface area (Å²) in [6, 6.07) is 7.08. The Hall–Kier alpha value is -1.31. The van der Waals surface area contributed by atoms with Gasteiger partial charge in [0.2, 0.25) is 5.91 Å². The minimum Gasteiger partial charge on any atom is -0.353 e. The van der Waals surface area contributed by atoms with Gasteiger partial charge in [0, 0.05) is 11.5 Å². The van der Waals surface area contributed by atoms with Crippen molar-refractivity contribution in [1.29, 1.82) is 0 Å². The van der Waals surface area contributed by atoms with Gasteiger partial charge in [-0.2, -0.15) is 0 Å². The Labute approximate surface area is 116 Å². The van der Waals surface area contributed by atoms with Crippen LogP contribution in [0.4, 0.5) is 0 Å². The second kappa shape index (κ2) is 5.36. The highest BCUT2D eigenvalue weighted by Crippen LogP contribution is 2.24. The summed E-state index contributed by atoms with van der Waals surface area (Å²) in [4.78, 5) is 12.0. The number of carbonyl (C=O) groups is 1. The first-order valence-corrected chi connectivity index (χ1v) is 7.32. The van der Waals surface area contributed by atoms with Gasteiger partial charge >= 0.3 is 0 Å². The first-order chi connectivity index (χ1) is 8.90. The maximum absolute atomic E-state index is 12.0. The largest absolute Gasteiger partial charge is 0.353 e. The van der Waals surface area contributed by atoms with Gasteiger partial charge in [0.25, 0.3) is 0 Å². The highest BCUT2D eigenvalue weighted by Gasteiger charge is 2.26. The predicted octanol–water partition coefficient (Wildman–Crippen LogP) is 3.27. The number of carbonyl (C=O) groups excluding carboxylic acids is 1. The molecule has 1 aliphatic rings. The minimum atomic E-state index is -0.299. The van der Waals surface area contributed by atoms with Crippen LogP contribution in [0.15, 0.2) is 18.2 Å². The molecular weight excluding hydrogens is 234 g/mol. The number of benzene rings is 1. The Kier molecular flexibility index (Phi) is 3.98. The average Bonchev–Trinajstić information content (AvgIpc) is 2.37. The summed E-state index contributed by atoms with van der Waals surface area (Å²) in [7, 11) is 0. The maximum Gasteiger partial charge on any atom is 0.225 e. The van der Waals surface area contributed by atoms with Crippen molar-refractivity contribution in [1.82, 2.24) is 5.32 Å². The molecule has 0 aliphatic heterocycles. The molecule has 1 atom stereocenters. The molecule has 1 unspecified atom stereocenters. The third kappa shape index (κ3) is 3.37. The highest BCUT2D eigenvalue weighted by atomic mass is 16.2. The van der Waals surface area contributed by atoms with Gasteiger partial charge in [-0.25, -0.2) is 0 Å². The van der Waals surface area contributed by atoms with Crippen molar-refractivity contribution in [3.05, 3.63) is 34.9 Å². The predicted molar refractivity (Wildman–Crippen MR) is 79.2 cm³/mol. The van der Waals surface area contributed by atoms with Crippen molar-refractivity contribution in [3.8, 4) is 0 Å². The molecule has 0 fully saturated rings. The van der Waals surface area contributed by atoms with Crippen molar-refractivity contribution in [2.24, 2.45) is 5.41 Å². The van der Waals surface area contributed by atoms with Gasteiger partial charge in [-0.3, -0.25) is 4.79 Å². The molecule has 0 saturated carbocycles. The first kappa shape index (κ1) is 14.1. The minimum absolute atomic E-state index is 0.158. The van der Waals surface area contributed by atoms with Gasteiger partial charge in [0.05, 0.1) is 0 Å². The van der Waals surface area contributed by atoms with Crippen LogP contribution in [0.3, 0.4) is 0 Å². The molecule has 0 radical (unpaired) electrons. The van der Waals surface area contributed by atoms with Crippen LogP contribution in [0.5, 0.6) is 0 Å². The zero-order valence-electron chi connectivity index (χ0n) is 12.5. The number of hydrogen-bond donors (Lipinski definition) is 1. The summed E-state index contributed by atoms with van der Waals surface area (Å²) in [5.41, 5.74) is 3.99. The SMILES string of the molecule is CCc1ccc2c(c1)CCC(NC(=O)C(C)(C)C)C2. The lowest BCUT2D eigenvalue weighted by atomic mass is 9.86. The molecule has 0 heterocycles. The Morgan fingerprint density at radius 2 is 2.05 bits per heavy atom. The van der Waals surface area contributed by atoms with Crippen LogP contribution in [0.2, 0.25) is 0 Å². The molecule has 1 aromatic rings. The quantitative estimate of drug-likeness (QED) is 0.867. The lowest BCUT2D eigenvalue weighted by Gasteiger charge is -2.29. The third-order valence-electron chi connectivity index (χ3n) is 3.92. The lowest BCUT2D eigenvalue weighted by molar-refractivity contribution is -0.129. The van der Waals surface area contributed by atoms with Gasteiger partial charge in [0.15, 0.2) is 0 Å². The summed E-state index contributed by atoms with van der Waals surface area (Å²) in [6.45, 7) is 8.09. The van der Waals surface area contributed by atoms with Crippen LogP contribution in [-0.4, -0.2) is 11.9 Å². The van der Waals surface area contributed by atoms with E-state index in [4.69, 9.17) is 0 Å². The number of fused-ring (bicyclic) bond motifs is 1. The zero-order chi connectivity index (χ0) is 14.0. The Balaban J connectivity index is 2.04. The van der Waals surface area contributed by atoms with E-state index in [1.165, 1.54) is 16.7 Å². The normalized spacial score (nSPS) is 18.8. The summed E-state index contributed by atoms with van der Waals surface area (Å²) >= 11 is 0. The van der Waals surface area contributed by atoms with Gasteiger partial charge < -0.3 is 5.32 Å². The van der Waals surface area contributed by atoms with Crippen molar-refractivity contribution in [3.63, 3.8) is 0 Å². The van der Waals surface area contributed by atoms with E-state index in [0.717, 1.165) is 25.7 Å². The van der Waals surface area contributed by atoms with Gasteiger partial charge in [-0.15, -0.1) is 0 Å². The van der Waals surface area contributed by atoms with E-state index in [9.17, 15) is 4.79 Å². The smallest absolute Gasteiger partial charge is 0.225 e. The number of hydrogen-bond acceptors (Lipinski definition) is 1. The van der Waals surface area contributed by atoms with E-state index in [1.54, 1.807) is 0 Å². The fourth-order valence-corrected chi connectivity index (χ4v) is 2.55. The molecule has 1 aliphatic carbocycles. The van der Waals surface area contributed by atoms with Crippen LogP contribution in [0, 0.1) is 5.41 Å². The van der Waals surface area contributed by atoms with E-state index in [2.05, 4.69) is 30.4 Å². The molecular formula is C17H25NO. The third-order valence-corrected chi connectivity index (χ3v) is 3.92. The molecule has 104 valence electrons. The number of aryl methyl sites for hydroxylation is 2. The summed E-state index contributed by atoms with van der Waals surface area (Å²) in [6.07, 6.45) is 4.21. The topological polar surface area (TPSA) is 29.1 Å². The van der Waals surface area contributed by atoms with Crippen LogP contribution in [0.25, 0.3) is 0 Å². The van der Waals surface area contributed by atoms with Crippen molar-refractivity contribution < 1.29 is 4.79 Å². The molecule has 0 saturated heterocycles. The molecule has 2 rings (SSSR count). The summed E-state index contributed by atoms with van der Waals surface area (Å²) in [5.74, 6) is 0.158. The molecule has 1 aromatic carbocycles. The molecule has 1 N–H and O–H groups in total. The molecule has 2 nitrogen and oxygen atoms in total. The van der Waals surface area contributed by atoms with Crippen molar-refractivity contribution >= 4 is 5.91 Å². The Morgan fingerprint density at radius 3 is 2.68 bits per heavy atom. The molecule has 2 heteroatoms. The molecule has 0 aromatic heterocycles. The van der Waals surface area contributed by atoms with E-state index >= 15 is 0 Å². The zero-order valence-corrected chi connectivity index (χ0v) is 12.5. The molecule has 0 spiro atoms. The fourth-order valence-electron chi connectivity index (χ4n) is 2.55. The second-order valence-corrected chi connectivity index (χ2v) is 6.62. The molecule has 0 bridgehead atoms. The number of rotatable bonds is 2. The summed E-state index contributed by atoms with van der Waals surface area (Å²) in [5, 5.41) is 3.19. The van der Waals surface area contributed by atoms with Gasteiger partial charge in [-0.05, 0) is 42.4 Å². The lowest BCUT2D eigenvalue weighted by Crippen LogP contribution is -2.44. The molecule has 1 amide bonds. The van der Waals surface area contributed by atoms with E-state index < -0.39 is 0 Å². The number of nitrogens with one attached hydrogen (secondary N) is 1. The second-order valence-electron chi connectivity index (χ2n) is 6.62. The van der Waals surface area contributed by atoms with Crippen molar-refractivity contribution in [2.45, 2.75) is 59.4 Å².